The van der Waals surface area contributed by atoms with Crippen molar-refractivity contribution >= 4 is 17.5 Å². The fourth-order valence-corrected chi connectivity index (χ4v) is 4.34. The Labute approximate surface area is 212 Å². The van der Waals surface area contributed by atoms with E-state index < -0.39 is 41.9 Å². The van der Waals surface area contributed by atoms with Gasteiger partial charge in [-0.15, -0.1) is 0 Å². The Hall–Kier alpha value is -2.85. The molecule has 1 amide bonds. The van der Waals surface area contributed by atoms with Crippen LogP contribution in [0.1, 0.15) is 40.5 Å². The molecule has 0 saturated heterocycles. The zero-order chi connectivity index (χ0) is 27.2. The van der Waals surface area contributed by atoms with Crippen LogP contribution in [0.25, 0.3) is 0 Å². The summed E-state index contributed by atoms with van der Waals surface area (Å²) >= 11 is 0. The van der Waals surface area contributed by atoms with Gasteiger partial charge < -0.3 is 30.7 Å². The molecule has 0 saturated carbocycles. The molecule has 9 nitrogen and oxygen atoms in total. The van der Waals surface area contributed by atoms with Gasteiger partial charge in [0.15, 0.2) is 0 Å². The first-order chi connectivity index (χ1) is 16.9. The van der Waals surface area contributed by atoms with E-state index in [0.717, 1.165) is 6.08 Å². The van der Waals surface area contributed by atoms with Crippen LogP contribution < -0.4 is 11.1 Å². The molecule has 0 aromatic carbocycles. The van der Waals surface area contributed by atoms with Crippen molar-refractivity contribution in [3.8, 4) is 0 Å². The Kier molecular flexibility index (Phi) is 10.5. The predicted molar refractivity (Wildman–Crippen MR) is 135 cm³/mol. The lowest BCUT2D eigenvalue weighted by molar-refractivity contribution is -0.120. The second-order valence-corrected chi connectivity index (χ2v) is 9.56. The lowest BCUT2D eigenvalue weighted by Crippen LogP contribution is -2.36. The molecule has 6 atom stereocenters. The number of Topliss-reactive ketones (excluding diaryl/α,β-unsaturated/α-hetero) is 1. The third-order valence-corrected chi connectivity index (χ3v) is 6.62. The minimum Gasteiger partial charge on any atom is -0.395 e. The van der Waals surface area contributed by atoms with Crippen LogP contribution in [0, 0.1) is 11.8 Å². The minimum absolute atomic E-state index is 0.129. The lowest BCUT2D eigenvalue weighted by Gasteiger charge is -2.29. The van der Waals surface area contributed by atoms with Crippen LogP contribution in [-0.2, 0) is 23.9 Å². The minimum atomic E-state index is -0.978. The molecule has 0 fully saturated rings. The number of ketones is 2. The third kappa shape index (κ3) is 7.10. The average molecular weight is 503 g/mol. The van der Waals surface area contributed by atoms with Crippen molar-refractivity contribution < 1.29 is 34.1 Å². The number of methoxy groups -OCH3 is 2. The first kappa shape index (κ1) is 29.4. The monoisotopic (exact) mass is 502 g/mol. The van der Waals surface area contributed by atoms with Crippen molar-refractivity contribution in [3.05, 3.63) is 58.5 Å². The van der Waals surface area contributed by atoms with Crippen LogP contribution in [0.4, 0.5) is 0 Å². The van der Waals surface area contributed by atoms with Gasteiger partial charge in [0.05, 0.1) is 23.6 Å². The number of carbonyl (C=O) groups excluding carboxylic acids is 3. The van der Waals surface area contributed by atoms with Crippen molar-refractivity contribution in [2.75, 3.05) is 14.2 Å². The Morgan fingerprint density at radius 3 is 2.36 bits per heavy atom. The summed E-state index contributed by atoms with van der Waals surface area (Å²) in [5, 5.41) is 24.3. The van der Waals surface area contributed by atoms with E-state index in [-0.39, 0.29) is 40.8 Å². The molecule has 2 bridgehead atoms. The van der Waals surface area contributed by atoms with Crippen molar-refractivity contribution in [3.63, 3.8) is 0 Å². The summed E-state index contributed by atoms with van der Waals surface area (Å²) in [5.41, 5.74) is 6.69. The zero-order valence-electron chi connectivity index (χ0n) is 21.8. The largest absolute Gasteiger partial charge is 0.395 e. The fourth-order valence-electron chi connectivity index (χ4n) is 4.34. The van der Waals surface area contributed by atoms with Crippen LogP contribution in [0.5, 0.6) is 0 Å². The summed E-state index contributed by atoms with van der Waals surface area (Å²) in [6, 6.07) is 0. The lowest BCUT2D eigenvalue weighted by atomic mass is 9.85. The molecule has 198 valence electrons. The molecule has 9 heteroatoms. The molecule has 0 aromatic heterocycles. The Balaban J connectivity index is 2.50. The molecule has 1 heterocycles. The van der Waals surface area contributed by atoms with E-state index in [1.807, 2.05) is 13.8 Å². The molecular weight excluding hydrogens is 464 g/mol. The van der Waals surface area contributed by atoms with Crippen molar-refractivity contribution in [2.24, 2.45) is 17.6 Å². The zero-order valence-corrected chi connectivity index (χ0v) is 21.8. The number of nitrogens with one attached hydrogen (secondary N) is 1. The fraction of sp³-hybridized carbons (Fsp3) is 0.519. The molecule has 0 unspecified atom stereocenters. The number of hydrogen-bond donors (Lipinski definition) is 4. The molecule has 5 N–H and O–H groups in total. The Morgan fingerprint density at radius 2 is 1.75 bits per heavy atom. The molecule has 0 radical (unpaired) electrons. The van der Waals surface area contributed by atoms with Crippen LogP contribution in [-0.4, -0.2) is 66.3 Å². The normalized spacial score (nSPS) is 35.3. The summed E-state index contributed by atoms with van der Waals surface area (Å²) < 4.78 is 11.0. The average Bonchev–Trinajstić information content (AvgIpc) is 2.84. The van der Waals surface area contributed by atoms with Crippen molar-refractivity contribution in [1.29, 1.82) is 0 Å². The number of amides is 1. The highest BCUT2D eigenvalue weighted by Crippen LogP contribution is 2.27. The second kappa shape index (κ2) is 12.9. The number of aliphatic hydroxyl groups is 2. The molecule has 1 aliphatic carbocycles. The number of allylic oxidation sites excluding steroid dienone is 4. The van der Waals surface area contributed by atoms with E-state index >= 15 is 0 Å². The maximum atomic E-state index is 13.1. The number of carbonyl (C=O) groups is 3. The first-order valence-electron chi connectivity index (χ1n) is 12.0. The summed E-state index contributed by atoms with van der Waals surface area (Å²) in [5.74, 6) is -2.16. The van der Waals surface area contributed by atoms with E-state index in [0.29, 0.717) is 12.0 Å². The number of fused-ring (bicyclic) bond motifs is 2. The molecule has 36 heavy (non-hydrogen) atoms. The van der Waals surface area contributed by atoms with Gasteiger partial charge in [-0.2, -0.15) is 0 Å². The van der Waals surface area contributed by atoms with Gasteiger partial charge in [-0.3, -0.25) is 14.4 Å². The van der Waals surface area contributed by atoms with Crippen molar-refractivity contribution in [2.45, 2.75) is 65.0 Å². The van der Waals surface area contributed by atoms with E-state index in [4.69, 9.17) is 15.2 Å². The quantitative estimate of drug-likeness (QED) is 0.329. The van der Waals surface area contributed by atoms with Crippen LogP contribution in [0.3, 0.4) is 0 Å². The van der Waals surface area contributed by atoms with Crippen LogP contribution in [0.15, 0.2) is 58.5 Å². The Bertz CT molecular complexity index is 1020. The SMILES string of the molecule is CO[C@H]1C[C@@H](C)CC2=C(N)C(=O)C=C(NC(=O)/C(C)=C\C=C\[C@@H](OC)[C@H](O)/C(C)=C/[C@H](C)[C@H]1O)C2=O. The van der Waals surface area contributed by atoms with E-state index in [9.17, 15) is 24.6 Å². The number of rotatable bonds is 2. The van der Waals surface area contributed by atoms with Crippen LogP contribution >= 0.6 is 0 Å². The summed E-state index contributed by atoms with van der Waals surface area (Å²) in [6.07, 6.45) is 4.89. The summed E-state index contributed by atoms with van der Waals surface area (Å²) in [4.78, 5) is 38.2. The molecular formula is C27H38N2O7. The number of aliphatic hydroxyl groups excluding tert-OH is 2. The predicted octanol–water partition coefficient (Wildman–Crippen LogP) is 1.62. The van der Waals surface area contributed by atoms with Gasteiger partial charge in [0, 0.05) is 37.4 Å². The maximum Gasteiger partial charge on any atom is 0.251 e. The van der Waals surface area contributed by atoms with E-state index in [2.05, 4.69) is 5.32 Å². The first-order valence-corrected chi connectivity index (χ1v) is 12.0. The highest BCUT2D eigenvalue weighted by molar-refractivity contribution is 6.23. The number of hydrogen-bond acceptors (Lipinski definition) is 8. The van der Waals surface area contributed by atoms with Gasteiger partial charge in [0.1, 0.15) is 12.2 Å². The van der Waals surface area contributed by atoms with Gasteiger partial charge in [0.25, 0.3) is 5.91 Å². The van der Waals surface area contributed by atoms with Gasteiger partial charge in [-0.25, -0.2) is 0 Å². The van der Waals surface area contributed by atoms with Gasteiger partial charge >= 0.3 is 0 Å². The van der Waals surface area contributed by atoms with Gasteiger partial charge in [0.2, 0.25) is 11.6 Å². The third-order valence-electron chi connectivity index (χ3n) is 6.62. The topological polar surface area (TPSA) is 148 Å². The smallest absolute Gasteiger partial charge is 0.251 e. The molecule has 2 aliphatic rings. The molecule has 0 spiro atoms. The molecule has 2 rings (SSSR count). The maximum absolute atomic E-state index is 13.1. The summed E-state index contributed by atoms with van der Waals surface area (Å²) in [7, 11) is 2.95. The number of ether oxygens (including phenoxy) is 2. The highest BCUT2D eigenvalue weighted by Gasteiger charge is 2.32. The molecule has 0 aromatic rings. The van der Waals surface area contributed by atoms with Gasteiger partial charge in [-0.1, -0.05) is 38.2 Å². The standard InChI is InChI=1S/C27H38N2O7/c1-14-10-18-23(28)20(30)13-19(26(18)33)29-27(34)15(2)8-7-9-21(35-5)24(31)16(3)12-17(4)25(32)22(11-14)36-6/h7-9,12-14,17,21-22,24-25,31-32H,10-11,28H2,1-6H3,(H,29,34)/b9-7+,15-8-,16-12+/t14-,17-,21+,22-,24+,25+/m0/s1. The Morgan fingerprint density at radius 1 is 1.08 bits per heavy atom. The highest BCUT2D eigenvalue weighted by atomic mass is 16.5. The van der Waals surface area contributed by atoms with E-state index in [1.54, 1.807) is 32.1 Å². The summed E-state index contributed by atoms with van der Waals surface area (Å²) in [6.45, 7) is 7.00. The van der Waals surface area contributed by atoms with Gasteiger partial charge in [-0.05, 0) is 38.2 Å². The van der Waals surface area contributed by atoms with Crippen LogP contribution in [0.2, 0.25) is 0 Å². The van der Waals surface area contributed by atoms with Crippen molar-refractivity contribution in [1.82, 2.24) is 5.32 Å². The molecule has 1 aliphatic heterocycles. The second-order valence-electron chi connectivity index (χ2n) is 9.56. The van der Waals surface area contributed by atoms with E-state index in [1.165, 1.54) is 20.3 Å². The number of nitrogens with two attached hydrogens (primary N) is 1.